The molecule has 1 heterocycles. The molecule has 0 saturated heterocycles. The van der Waals surface area contributed by atoms with E-state index in [1.165, 1.54) is 0 Å². The quantitative estimate of drug-likeness (QED) is 0.903. The summed E-state index contributed by atoms with van der Waals surface area (Å²) in [5, 5.41) is 0.681. The molecule has 3 nitrogen and oxygen atoms in total. The van der Waals surface area contributed by atoms with Crippen LogP contribution >= 0.6 is 11.6 Å². The van der Waals surface area contributed by atoms with Crippen molar-refractivity contribution in [2.75, 3.05) is 0 Å². The first-order valence-electron chi connectivity index (χ1n) is 5.89. The highest BCUT2D eigenvalue weighted by Crippen LogP contribution is 2.22. The summed E-state index contributed by atoms with van der Waals surface area (Å²) < 4.78 is 0. The Hall–Kier alpha value is -1.61. The first-order valence-corrected chi connectivity index (χ1v) is 6.27. The normalized spacial score (nSPS) is 10.7. The zero-order valence-corrected chi connectivity index (χ0v) is 11.4. The Kier molecular flexibility index (Phi) is 3.53. The summed E-state index contributed by atoms with van der Waals surface area (Å²) >= 11 is 5.92. The summed E-state index contributed by atoms with van der Waals surface area (Å²) in [5.41, 5.74) is 3.36. The van der Waals surface area contributed by atoms with E-state index in [4.69, 9.17) is 11.6 Å². The summed E-state index contributed by atoms with van der Waals surface area (Å²) in [5.74, 6) is 0.601. The lowest BCUT2D eigenvalue weighted by molar-refractivity contribution is 0.966. The molecule has 0 radical (unpaired) electrons. The van der Waals surface area contributed by atoms with Crippen LogP contribution in [0.1, 0.15) is 23.7 Å². The minimum absolute atomic E-state index is 0.0608. The van der Waals surface area contributed by atoms with Gasteiger partial charge >= 0.3 is 0 Å². The monoisotopic (exact) mass is 262 g/mol. The van der Waals surface area contributed by atoms with Crippen molar-refractivity contribution in [3.8, 4) is 11.4 Å². The third-order valence-electron chi connectivity index (χ3n) is 3.02. The van der Waals surface area contributed by atoms with Gasteiger partial charge in [-0.25, -0.2) is 4.98 Å². The van der Waals surface area contributed by atoms with E-state index >= 15 is 0 Å². The minimum atomic E-state index is -0.0608. The summed E-state index contributed by atoms with van der Waals surface area (Å²) in [6.45, 7) is 5.76. The molecule has 0 amide bonds. The average molecular weight is 263 g/mol. The number of halogens is 1. The molecule has 18 heavy (non-hydrogen) atoms. The molecule has 0 spiro atoms. The fourth-order valence-electron chi connectivity index (χ4n) is 2.05. The first kappa shape index (κ1) is 12.8. The third kappa shape index (κ3) is 2.31. The predicted molar refractivity (Wildman–Crippen MR) is 74.2 cm³/mol. The van der Waals surface area contributed by atoms with Crippen LogP contribution in [0.2, 0.25) is 5.02 Å². The van der Waals surface area contributed by atoms with Crippen molar-refractivity contribution in [3.05, 3.63) is 50.4 Å². The second-order valence-corrected chi connectivity index (χ2v) is 4.73. The molecular formula is C14H15ClN2O. The van der Waals surface area contributed by atoms with E-state index in [9.17, 15) is 4.79 Å². The maximum atomic E-state index is 11.9. The number of rotatable bonds is 2. The number of nitrogens with one attached hydrogen (secondary N) is 1. The van der Waals surface area contributed by atoms with Gasteiger partial charge < -0.3 is 4.98 Å². The molecule has 0 aliphatic carbocycles. The maximum absolute atomic E-state index is 11.9. The van der Waals surface area contributed by atoms with Gasteiger partial charge in [-0.1, -0.05) is 18.5 Å². The van der Waals surface area contributed by atoms with Gasteiger partial charge in [0.15, 0.2) is 0 Å². The van der Waals surface area contributed by atoms with E-state index in [0.717, 1.165) is 22.4 Å². The van der Waals surface area contributed by atoms with Gasteiger partial charge in [0.1, 0.15) is 5.82 Å². The van der Waals surface area contributed by atoms with E-state index in [0.29, 0.717) is 17.3 Å². The van der Waals surface area contributed by atoms with Gasteiger partial charge in [-0.05, 0) is 44.0 Å². The molecule has 1 aromatic carbocycles. The van der Waals surface area contributed by atoms with Gasteiger partial charge in [0.05, 0.1) is 0 Å². The second-order valence-electron chi connectivity index (χ2n) is 4.29. The fourth-order valence-corrected chi connectivity index (χ4v) is 2.27. The number of aryl methyl sites for hydroxylation is 2. The van der Waals surface area contributed by atoms with Gasteiger partial charge in [0.2, 0.25) is 0 Å². The van der Waals surface area contributed by atoms with Crippen molar-refractivity contribution >= 4 is 11.6 Å². The van der Waals surface area contributed by atoms with Gasteiger partial charge in [-0.15, -0.1) is 0 Å². The van der Waals surface area contributed by atoms with Gasteiger partial charge in [0, 0.05) is 21.8 Å². The lowest BCUT2D eigenvalue weighted by atomic mass is 10.1. The smallest absolute Gasteiger partial charge is 0.254 e. The Bertz CT molecular complexity index is 647. The van der Waals surface area contributed by atoms with Crippen LogP contribution in [0.5, 0.6) is 0 Å². The standard InChI is InChI=1S/C14H15ClN2O/c1-4-11-9(3)16-13(17-14(11)18)12-6-5-10(15)7-8(12)2/h5-7H,4H2,1-3H3,(H,16,17,18). The van der Waals surface area contributed by atoms with Crippen molar-refractivity contribution in [1.29, 1.82) is 0 Å². The zero-order chi connectivity index (χ0) is 13.3. The van der Waals surface area contributed by atoms with Crippen LogP contribution in [0.25, 0.3) is 11.4 Å². The van der Waals surface area contributed by atoms with Crippen molar-refractivity contribution in [3.63, 3.8) is 0 Å². The maximum Gasteiger partial charge on any atom is 0.254 e. The molecule has 0 aliphatic rings. The van der Waals surface area contributed by atoms with Crippen LogP contribution in [-0.2, 0) is 6.42 Å². The van der Waals surface area contributed by atoms with E-state index in [1.807, 2.05) is 32.9 Å². The van der Waals surface area contributed by atoms with Crippen molar-refractivity contribution in [1.82, 2.24) is 9.97 Å². The molecule has 0 saturated carbocycles. The number of nitrogens with zero attached hydrogens (tertiary/aromatic N) is 1. The lowest BCUT2D eigenvalue weighted by Crippen LogP contribution is -2.16. The summed E-state index contributed by atoms with van der Waals surface area (Å²) in [7, 11) is 0. The number of benzene rings is 1. The number of aromatic amines is 1. The minimum Gasteiger partial charge on any atom is -0.306 e. The van der Waals surface area contributed by atoms with Gasteiger partial charge in [-0.3, -0.25) is 4.79 Å². The number of aromatic nitrogens is 2. The Balaban J connectivity index is 2.62. The van der Waals surface area contributed by atoms with E-state index in [2.05, 4.69) is 9.97 Å². The molecule has 0 bridgehead atoms. The van der Waals surface area contributed by atoms with E-state index in [1.54, 1.807) is 6.07 Å². The topological polar surface area (TPSA) is 45.8 Å². The molecule has 2 aromatic rings. The zero-order valence-electron chi connectivity index (χ0n) is 10.7. The molecule has 2 rings (SSSR count). The highest BCUT2D eigenvalue weighted by atomic mass is 35.5. The van der Waals surface area contributed by atoms with Gasteiger partial charge in [0.25, 0.3) is 5.56 Å². The molecule has 94 valence electrons. The summed E-state index contributed by atoms with van der Waals surface area (Å²) in [6.07, 6.45) is 0.689. The van der Waals surface area contributed by atoms with Crippen molar-refractivity contribution in [2.45, 2.75) is 27.2 Å². The molecule has 4 heteroatoms. The largest absolute Gasteiger partial charge is 0.306 e. The molecular weight excluding hydrogens is 248 g/mol. The molecule has 0 fully saturated rings. The van der Waals surface area contributed by atoms with Crippen LogP contribution < -0.4 is 5.56 Å². The highest BCUT2D eigenvalue weighted by molar-refractivity contribution is 6.30. The summed E-state index contributed by atoms with van der Waals surface area (Å²) in [6, 6.07) is 5.54. The number of hydrogen-bond acceptors (Lipinski definition) is 2. The Morgan fingerprint density at radius 2 is 2.06 bits per heavy atom. The molecule has 0 unspecified atom stereocenters. The Labute approximate surface area is 111 Å². The van der Waals surface area contributed by atoms with E-state index < -0.39 is 0 Å². The SMILES string of the molecule is CCc1c(C)nc(-c2ccc(Cl)cc2C)[nH]c1=O. The van der Waals surface area contributed by atoms with Crippen LogP contribution in [0.4, 0.5) is 0 Å². The van der Waals surface area contributed by atoms with Gasteiger partial charge in [-0.2, -0.15) is 0 Å². The predicted octanol–water partition coefficient (Wildman–Crippen LogP) is 3.27. The molecule has 0 atom stereocenters. The molecule has 1 aromatic heterocycles. The lowest BCUT2D eigenvalue weighted by Gasteiger charge is -2.08. The van der Waals surface area contributed by atoms with Crippen LogP contribution in [-0.4, -0.2) is 9.97 Å². The molecule has 0 aliphatic heterocycles. The van der Waals surface area contributed by atoms with Crippen molar-refractivity contribution in [2.24, 2.45) is 0 Å². The second kappa shape index (κ2) is 4.94. The number of H-pyrrole nitrogens is 1. The highest BCUT2D eigenvalue weighted by Gasteiger charge is 2.09. The first-order chi connectivity index (χ1) is 8.52. The Morgan fingerprint density at radius 3 is 2.61 bits per heavy atom. The van der Waals surface area contributed by atoms with E-state index in [-0.39, 0.29) is 5.56 Å². The average Bonchev–Trinajstić information content (AvgIpc) is 2.28. The fraction of sp³-hybridized carbons (Fsp3) is 0.286. The third-order valence-corrected chi connectivity index (χ3v) is 3.25. The summed E-state index contributed by atoms with van der Waals surface area (Å²) in [4.78, 5) is 19.2. The van der Waals surface area contributed by atoms with Crippen LogP contribution in [0, 0.1) is 13.8 Å². The van der Waals surface area contributed by atoms with Crippen LogP contribution in [0.15, 0.2) is 23.0 Å². The molecule has 1 N–H and O–H groups in total. The van der Waals surface area contributed by atoms with Crippen LogP contribution in [0.3, 0.4) is 0 Å². The van der Waals surface area contributed by atoms with Crippen molar-refractivity contribution < 1.29 is 0 Å². The number of hydrogen-bond donors (Lipinski definition) is 1. The Morgan fingerprint density at radius 1 is 1.33 bits per heavy atom.